The molecule has 0 radical (unpaired) electrons. The fourth-order valence-electron chi connectivity index (χ4n) is 3.45. The van der Waals surface area contributed by atoms with Gasteiger partial charge in [-0.3, -0.25) is 0 Å². The Hall–Kier alpha value is -1.43. The van der Waals surface area contributed by atoms with Crippen LogP contribution < -0.4 is 0 Å². The summed E-state index contributed by atoms with van der Waals surface area (Å²) in [5.74, 6) is 4.92. The zero-order valence-electron chi connectivity index (χ0n) is 13.8. The van der Waals surface area contributed by atoms with E-state index in [0.717, 1.165) is 5.92 Å². The maximum atomic E-state index is 12.1. The molecule has 0 saturated heterocycles. The molecule has 0 N–H and O–H groups in total. The first kappa shape index (κ1) is 17.9. The summed E-state index contributed by atoms with van der Waals surface area (Å²) in [7, 11) is 0. The molecule has 1 aromatic carbocycles. The van der Waals surface area contributed by atoms with Gasteiger partial charge < -0.3 is 0 Å². The monoisotopic (exact) mass is 322 g/mol. The molecule has 0 bridgehead atoms. The van der Waals surface area contributed by atoms with Gasteiger partial charge in [0.15, 0.2) is 0 Å². The number of rotatable bonds is 5. The van der Waals surface area contributed by atoms with Gasteiger partial charge in [0.1, 0.15) is 0 Å². The van der Waals surface area contributed by atoms with Crippen LogP contribution in [0.2, 0.25) is 0 Å². The molecule has 0 aromatic heterocycles. The van der Waals surface area contributed by atoms with Gasteiger partial charge in [-0.25, -0.2) is 0 Å². The quantitative estimate of drug-likeness (QED) is 0.431. The Bertz CT molecular complexity index is 523. The van der Waals surface area contributed by atoms with Crippen molar-refractivity contribution in [1.29, 1.82) is 0 Å². The fourth-order valence-corrected chi connectivity index (χ4v) is 3.45. The molecule has 3 heteroatoms. The molecule has 0 unspecified atom stereocenters. The van der Waals surface area contributed by atoms with Crippen molar-refractivity contribution in [2.45, 2.75) is 70.4 Å². The summed E-state index contributed by atoms with van der Waals surface area (Å²) < 4.78 is 36.3. The largest absolute Gasteiger partial charge is 0.458 e. The second-order valence-corrected chi connectivity index (χ2v) is 6.58. The topological polar surface area (TPSA) is 0 Å². The van der Waals surface area contributed by atoms with Crippen molar-refractivity contribution in [2.75, 3.05) is 0 Å². The first-order valence-corrected chi connectivity index (χ1v) is 8.68. The molecule has 0 heterocycles. The summed E-state index contributed by atoms with van der Waals surface area (Å²) in [6.45, 7) is 2.24. The SMILES string of the molecule is CCCCCC1CCC(c2ccc(C#CC(F)(F)F)cc2)CC1. The fraction of sp³-hybridized carbons (Fsp3) is 0.600. The first-order valence-electron chi connectivity index (χ1n) is 8.68. The van der Waals surface area contributed by atoms with Gasteiger partial charge in [0.2, 0.25) is 0 Å². The number of halogens is 3. The second-order valence-electron chi connectivity index (χ2n) is 6.58. The predicted octanol–water partition coefficient (Wildman–Crippen LogP) is 6.45. The predicted molar refractivity (Wildman–Crippen MR) is 88.2 cm³/mol. The number of unbranched alkanes of at least 4 members (excludes halogenated alkanes) is 2. The number of hydrogen-bond donors (Lipinski definition) is 0. The van der Waals surface area contributed by atoms with Crippen molar-refractivity contribution in [3.63, 3.8) is 0 Å². The Morgan fingerprint density at radius 2 is 1.65 bits per heavy atom. The van der Waals surface area contributed by atoms with E-state index in [4.69, 9.17) is 0 Å². The average molecular weight is 322 g/mol. The Labute approximate surface area is 137 Å². The summed E-state index contributed by atoms with van der Waals surface area (Å²) in [6.07, 6.45) is 5.85. The van der Waals surface area contributed by atoms with Crippen LogP contribution in [0.1, 0.15) is 75.3 Å². The molecule has 1 saturated carbocycles. The normalized spacial score (nSPS) is 21.6. The van der Waals surface area contributed by atoms with Crippen LogP contribution in [0.5, 0.6) is 0 Å². The van der Waals surface area contributed by atoms with E-state index in [1.807, 2.05) is 12.1 Å². The third kappa shape index (κ3) is 6.29. The lowest BCUT2D eigenvalue weighted by molar-refractivity contribution is -0.0696. The highest BCUT2D eigenvalue weighted by molar-refractivity contribution is 5.37. The molecule has 0 aliphatic heterocycles. The Morgan fingerprint density at radius 3 is 2.22 bits per heavy atom. The average Bonchev–Trinajstić information content (AvgIpc) is 2.54. The molecule has 2 rings (SSSR count). The van der Waals surface area contributed by atoms with Crippen LogP contribution in [-0.4, -0.2) is 6.18 Å². The van der Waals surface area contributed by atoms with Crippen molar-refractivity contribution in [3.05, 3.63) is 35.4 Å². The molecule has 1 aliphatic rings. The summed E-state index contributed by atoms with van der Waals surface area (Å²) in [4.78, 5) is 0. The smallest absolute Gasteiger partial charge is 0.159 e. The zero-order chi connectivity index (χ0) is 16.7. The van der Waals surface area contributed by atoms with Crippen LogP contribution >= 0.6 is 0 Å². The molecule has 0 spiro atoms. The number of alkyl halides is 3. The lowest BCUT2D eigenvalue weighted by Crippen LogP contribution is -2.13. The number of benzene rings is 1. The third-order valence-corrected chi connectivity index (χ3v) is 4.79. The minimum Gasteiger partial charge on any atom is -0.159 e. The van der Waals surface area contributed by atoms with E-state index in [9.17, 15) is 13.2 Å². The van der Waals surface area contributed by atoms with E-state index in [0.29, 0.717) is 11.5 Å². The molecule has 1 aliphatic carbocycles. The summed E-state index contributed by atoms with van der Waals surface area (Å²) in [6, 6.07) is 7.31. The van der Waals surface area contributed by atoms with E-state index in [-0.39, 0.29) is 0 Å². The highest BCUT2D eigenvalue weighted by atomic mass is 19.4. The molecule has 0 amide bonds. The third-order valence-electron chi connectivity index (χ3n) is 4.79. The van der Waals surface area contributed by atoms with Crippen LogP contribution in [0.4, 0.5) is 13.2 Å². The van der Waals surface area contributed by atoms with Gasteiger partial charge in [0.05, 0.1) is 0 Å². The lowest BCUT2D eigenvalue weighted by Gasteiger charge is -2.29. The van der Waals surface area contributed by atoms with Crippen LogP contribution in [0.25, 0.3) is 0 Å². The van der Waals surface area contributed by atoms with E-state index in [2.05, 4.69) is 12.8 Å². The molecule has 0 atom stereocenters. The highest BCUT2D eigenvalue weighted by Crippen LogP contribution is 2.37. The van der Waals surface area contributed by atoms with Crippen molar-refractivity contribution >= 4 is 0 Å². The molecule has 1 aromatic rings. The van der Waals surface area contributed by atoms with Gasteiger partial charge in [0, 0.05) is 11.5 Å². The molecular formula is C20H25F3. The van der Waals surface area contributed by atoms with Crippen LogP contribution in [0, 0.1) is 17.8 Å². The van der Waals surface area contributed by atoms with Crippen molar-refractivity contribution in [1.82, 2.24) is 0 Å². The standard InChI is InChI=1S/C20H25F3/c1-2-3-4-5-16-6-10-18(11-7-16)19-12-8-17(9-13-19)14-15-20(21,22)23/h8-9,12-13,16,18H,2-7,10-11H2,1H3. The lowest BCUT2D eigenvalue weighted by atomic mass is 9.77. The second kappa shape index (κ2) is 8.43. The van der Waals surface area contributed by atoms with E-state index in [1.165, 1.54) is 62.9 Å². The van der Waals surface area contributed by atoms with Gasteiger partial charge in [-0.15, -0.1) is 0 Å². The Morgan fingerprint density at radius 1 is 1.00 bits per heavy atom. The number of hydrogen-bond acceptors (Lipinski definition) is 0. The van der Waals surface area contributed by atoms with Crippen molar-refractivity contribution < 1.29 is 13.2 Å². The zero-order valence-corrected chi connectivity index (χ0v) is 13.8. The summed E-state index contributed by atoms with van der Waals surface area (Å²) >= 11 is 0. The molecule has 1 fully saturated rings. The van der Waals surface area contributed by atoms with Crippen molar-refractivity contribution in [3.8, 4) is 11.8 Å². The van der Waals surface area contributed by atoms with E-state index >= 15 is 0 Å². The molecular weight excluding hydrogens is 297 g/mol. The minimum absolute atomic E-state index is 0.430. The van der Waals surface area contributed by atoms with Gasteiger partial charge in [-0.1, -0.05) is 50.7 Å². The molecule has 0 nitrogen and oxygen atoms in total. The minimum atomic E-state index is -4.42. The van der Waals surface area contributed by atoms with Gasteiger partial charge >= 0.3 is 6.18 Å². The summed E-state index contributed by atoms with van der Waals surface area (Å²) in [5.41, 5.74) is 1.67. The van der Waals surface area contributed by atoms with Crippen LogP contribution in [-0.2, 0) is 0 Å². The molecule has 126 valence electrons. The highest BCUT2D eigenvalue weighted by Gasteiger charge is 2.23. The summed E-state index contributed by atoms with van der Waals surface area (Å²) in [5, 5.41) is 0. The van der Waals surface area contributed by atoms with E-state index < -0.39 is 6.18 Å². The van der Waals surface area contributed by atoms with Gasteiger partial charge in [0.25, 0.3) is 0 Å². The van der Waals surface area contributed by atoms with Crippen LogP contribution in [0.3, 0.4) is 0 Å². The maximum absolute atomic E-state index is 12.1. The molecule has 23 heavy (non-hydrogen) atoms. The van der Waals surface area contributed by atoms with Crippen LogP contribution in [0.15, 0.2) is 24.3 Å². The maximum Gasteiger partial charge on any atom is 0.458 e. The van der Waals surface area contributed by atoms with Gasteiger partial charge in [-0.2, -0.15) is 13.2 Å². The van der Waals surface area contributed by atoms with Crippen molar-refractivity contribution in [2.24, 2.45) is 5.92 Å². The van der Waals surface area contributed by atoms with E-state index in [1.54, 1.807) is 12.1 Å². The Balaban J connectivity index is 1.85. The van der Waals surface area contributed by atoms with Gasteiger partial charge in [-0.05, 0) is 55.2 Å². The first-order chi connectivity index (χ1) is 11.0. The Kier molecular flexibility index (Phi) is 6.57.